The van der Waals surface area contributed by atoms with E-state index in [0.29, 0.717) is 0 Å². The van der Waals surface area contributed by atoms with E-state index < -0.39 is 0 Å². The lowest BCUT2D eigenvalue weighted by molar-refractivity contribution is 0.183. The summed E-state index contributed by atoms with van der Waals surface area (Å²) >= 11 is 0. The van der Waals surface area contributed by atoms with E-state index >= 15 is 0 Å². The molecule has 0 unspecified atom stereocenters. The van der Waals surface area contributed by atoms with Gasteiger partial charge in [-0.15, -0.1) is 0 Å². The molecule has 2 amide bonds. The third kappa shape index (κ3) is 6.06. The predicted molar refractivity (Wildman–Crippen MR) is 86.7 cm³/mol. The van der Waals surface area contributed by atoms with Crippen LogP contribution in [-0.4, -0.2) is 30.8 Å². The number of hydrogen-bond donors (Lipinski definition) is 1. The van der Waals surface area contributed by atoms with Gasteiger partial charge < -0.3 is 15.0 Å². The molecule has 0 radical (unpaired) electrons. The van der Waals surface area contributed by atoms with Gasteiger partial charge in [-0.3, -0.25) is 0 Å². The van der Waals surface area contributed by atoms with Crippen molar-refractivity contribution in [3.8, 4) is 5.75 Å². The van der Waals surface area contributed by atoms with Crippen molar-refractivity contribution in [2.75, 3.05) is 19.8 Å². The molecule has 4 heteroatoms. The Morgan fingerprint density at radius 1 is 1.19 bits per heavy atom. The molecule has 1 aromatic rings. The minimum absolute atomic E-state index is 0.0462. The zero-order chi connectivity index (χ0) is 15.7. The average Bonchev–Trinajstić information content (AvgIpc) is 2.45. The Morgan fingerprint density at radius 3 is 2.57 bits per heavy atom. The van der Waals surface area contributed by atoms with Crippen molar-refractivity contribution in [3.05, 3.63) is 29.3 Å². The van der Waals surface area contributed by atoms with Crippen LogP contribution in [0.15, 0.2) is 18.2 Å². The van der Waals surface area contributed by atoms with E-state index in [2.05, 4.69) is 32.2 Å². The lowest BCUT2D eigenvalue weighted by Crippen LogP contribution is -2.42. The second-order valence-electron chi connectivity index (χ2n) is 5.38. The molecule has 0 saturated carbocycles. The Bertz CT molecular complexity index is 446. The number of carbonyl (C=O) groups excluding carboxylic acids is 1. The molecule has 0 spiro atoms. The second kappa shape index (κ2) is 9.27. The molecule has 118 valence electrons. The third-order valence-corrected chi connectivity index (χ3v) is 3.34. The van der Waals surface area contributed by atoms with Gasteiger partial charge in [0.1, 0.15) is 5.75 Å². The van der Waals surface area contributed by atoms with Gasteiger partial charge in [-0.05, 0) is 38.3 Å². The fraction of sp³-hybridized carbons (Fsp3) is 0.588. The molecule has 0 aliphatic rings. The minimum atomic E-state index is -0.0462. The van der Waals surface area contributed by atoms with Crippen LogP contribution in [0.3, 0.4) is 0 Å². The number of urea groups is 1. The Morgan fingerprint density at radius 2 is 1.95 bits per heavy atom. The minimum Gasteiger partial charge on any atom is -0.473 e. The van der Waals surface area contributed by atoms with Crippen LogP contribution < -0.4 is 10.1 Å². The van der Waals surface area contributed by atoms with Crippen molar-refractivity contribution in [1.82, 2.24) is 10.2 Å². The van der Waals surface area contributed by atoms with E-state index in [1.54, 1.807) is 0 Å². The standard InChI is InChI=1S/C17H28N2O2/c1-5-7-11-19(10-6-2)17(20)18-13-21-16-9-8-14(3)12-15(16)4/h8-9,12H,5-7,10-11,13H2,1-4H3,(H,18,20). The van der Waals surface area contributed by atoms with Gasteiger partial charge in [-0.1, -0.05) is 38.0 Å². The maximum Gasteiger partial charge on any atom is 0.320 e. The zero-order valence-corrected chi connectivity index (χ0v) is 13.7. The number of hydrogen-bond acceptors (Lipinski definition) is 2. The van der Waals surface area contributed by atoms with Gasteiger partial charge in [0.25, 0.3) is 0 Å². The van der Waals surface area contributed by atoms with Gasteiger partial charge in [-0.2, -0.15) is 0 Å². The van der Waals surface area contributed by atoms with E-state index in [4.69, 9.17) is 4.74 Å². The van der Waals surface area contributed by atoms with Crippen LogP contribution in [0, 0.1) is 13.8 Å². The average molecular weight is 292 g/mol. The molecule has 4 nitrogen and oxygen atoms in total. The highest BCUT2D eigenvalue weighted by Gasteiger charge is 2.11. The second-order valence-corrected chi connectivity index (χ2v) is 5.38. The summed E-state index contributed by atoms with van der Waals surface area (Å²) in [5.41, 5.74) is 2.29. The molecule has 0 fully saturated rings. The molecule has 1 aromatic carbocycles. The summed E-state index contributed by atoms with van der Waals surface area (Å²) in [5.74, 6) is 0.816. The van der Waals surface area contributed by atoms with Crippen LogP contribution in [0.4, 0.5) is 4.79 Å². The van der Waals surface area contributed by atoms with Crippen LogP contribution in [0.2, 0.25) is 0 Å². The first kappa shape index (κ1) is 17.3. The molecule has 1 N–H and O–H groups in total. The summed E-state index contributed by atoms with van der Waals surface area (Å²) < 4.78 is 5.64. The van der Waals surface area contributed by atoms with Crippen LogP contribution in [0.1, 0.15) is 44.2 Å². The van der Waals surface area contributed by atoms with Crippen LogP contribution in [-0.2, 0) is 0 Å². The number of unbranched alkanes of at least 4 members (excludes halogenated alkanes) is 1. The first-order valence-electron chi connectivity index (χ1n) is 7.81. The summed E-state index contributed by atoms with van der Waals surface area (Å²) in [6.07, 6.45) is 3.09. The van der Waals surface area contributed by atoms with Gasteiger partial charge in [0, 0.05) is 13.1 Å². The van der Waals surface area contributed by atoms with Crippen molar-refractivity contribution in [2.45, 2.75) is 47.0 Å². The topological polar surface area (TPSA) is 41.6 Å². The lowest BCUT2D eigenvalue weighted by atomic mass is 10.1. The first-order chi connectivity index (χ1) is 10.1. The Labute approximate surface area is 128 Å². The molecule has 0 aliphatic heterocycles. The molecule has 0 heterocycles. The van der Waals surface area contributed by atoms with Crippen molar-refractivity contribution >= 4 is 6.03 Å². The normalized spacial score (nSPS) is 10.3. The number of rotatable bonds is 8. The third-order valence-electron chi connectivity index (χ3n) is 3.34. The summed E-state index contributed by atoms with van der Waals surface area (Å²) in [6.45, 7) is 10.1. The van der Waals surface area contributed by atoms with E-state index in [9.17, 15) is 4.79 Å². The number of amides is 2. The van der Waals surface area contributed by atoms with Crippen molar-refractivity contribution in [3.63, 3.8) is 0 Å². The van der Waals surface area contributed by atoms with Crippen LogP contribution >= 0.6 is 0 Å². The van der Waals surface area contributed by atoms with Crippen molar-refractivity contribution in [1.29, 1.82) is 0 Å². The van der Waals surface area contributed by atoms with Crippen molar-refractivity contribution in [2.24, 2.45) is 0 Å². The zero-order valence-electron chi connectivity index (χ0n) is 13.7. The SMILES string of the molecule is CCCCN(CCC)C(=O)NCOc1ccc(C)cc1C. The molecule has 0 aliphatic carbocycles. The van der Waals surface area contributed by atoms with Gasteiger partial charge in [0.05, 0.1) is 0 Å². The Kier molecular flexibility index (Phi) is 7.65. The highest BCUT2D eigenvalue weighted by atomic mass is 16.5. The Balaban J connectivity index is 2.43. The summed E-state index contributed by atoms with van der Waals surface area (Å²) in [5, 5.41) is 2.83. The molecule has 21 heavy (non-hydrogen) atoms. The monoisotopic (exact) mass is 292 g/mol. The Hall–Kier alpha value is -1.71. The molecule has 0 atom stereocenters. The predicted octanol–water partition coefficient (Wildman–Crippen LogP) is 3.86. The molecule has 1 rings (SSSR count). The number of carbonyl (C=O) groups is 1. The molecule has 0 aromatic heterocycles. The maximum absolute atomic E-state index is 12.1. The number of aryl methyl sites for hydroxylation is 2. The summed E-state index contributed by atoms with van der Waals surface area (Å²) in [7, 11) is 0. The molecular weight excluding hydrogens is 264 g/mol. The van der Waals surface area contributed by atoms with E-state index in [0.717, 1.165) is 43.7 Å². The van der Waals surface area contributed by atoms with Crippen molar-refractivity contribution < 1.29 is 9.53 Å². The fourth-order valence-corrected chi connectivity index (χ4v) is 2.18. The van der Waals surface area contributed by atoms with E-state index in [1.165, 1.54) is 5.56 Å². The largest absolute Gasteiger partial charge is 0.473 e. The van der Waals surface area contributed by atoms with Gasteiger partial charge >= 0.3 is 6.03 Å². The number of benzene rings is 1. The summed E-state index contributed by atoms with van der Waals surface area (Å²) in [4.78, 5) is 14.0. The molecular formula is C17H28N2O2. The smallest absolute Gasteiger partial charge is 0.320 e. The highest BCUT2D eigenvalue weighted by molar-refractivity contribution is 5.74. The maximum atomic E-state index is 12.1. The van der Waals surface area contributed by atoms with Gasteiger partial charge in [0.2, 0.25) is 0 Å². The molecule has 0 saturated heterocycles. The highest BCUT2D eigenvalue weighted by Crippen LogP contribution is 2.18. The summed E-state index contributed by atoms with van der Waals surface area (Å²) in [6, 6.07) is 5.98. The van der Waals surface area contributed by atoms with Crippen LogP contribution in [0.25, 0.3) is 0 Å². The molecule has 0 bridgehead atoms. The van der Waals surface area contributed by atoms with E-state index in [1.807, 2.05) is 24.0 Å². The number of nitrogens with zero attached hydrogens (tertiary/aromatic N) is 1. The first-order valence-corrected chi connectivity index (χ1v) is 7.81. The van der Waals surface area contributed by atoms with Crippen LogP contribution in [0.5, 0.6) is 5.75 Å². The fourth-order valence-electron chi connectivity index (χ4n) is 2.18. The lowest BCUT2D eigenvalue weighted by Gasteiger charge is -2.22. The van der Waals surface area contributed by atoms with Gasteiger partial charge in [-0.25, -0.2) is 4.79 Å². The van der Waals surface area contributed by atoms with E-state index in [-0.39, 0.29) is 12.8 Å². The number of nitrogens with one attached hydrogen (secondary N) is 1. The number of ether oxygens (including phenoxy) is 1. The quantitative estimate of drug-likeness (QED) is 0.739. The van der Waals surface area contributed by atoms with Gasteiger partial charge in [0.15, 0.2) is 6.73 Å².